The van der Waals surface area contributed by atoms with E-state index in [2.05, 4.69) is 64.5 Å². The molecule has 2 aliphatic carbocycles. The second-order valence-electron chi connectivity index (χ2n) is 7.85. The molecule has 136 valence electrons. The van der Waals surface area contributed by atoms with Crippen molar-refractivity contribution in [1.82, 2.24) is 0 Å². The van der Waals surface area contributed by atoms with Gasteiger partial charge in [0.1, 0.15) is 0 Å². The summed E-state index contributed by atoms with van der Waals surface area (Å²) < 4.78 is 0. The van der Waals surface area contributed by atoms with Crippen LogP contribution in [-0.2, 0) is 24.7 Å². The van der Waals surface area contributed by atoms with E-state index in [0.29, 0.717) is 10.7 Å². The molecule has 0 N–H and O–H groups in total. The van der Waals surface area contributed by atoms with Gasteiger partial charge in [0.05, 0.1) is 0 Å². The van der Waals surface area contributed by atoms with Crippen LogP contribution in [0, 0.1) is 0 Å². The summed E-state index contributed by atoms with van der Waals surface area (Å²) in [7, 11) is 0. The van der Waals surface area contributed by atoms with Crippen molar-refractivity contribution in [2.24, 2.45) is 0 Å². The van der Waals surface area contributed by atoms with Gasteiger partial charge in [0, 0.05) is 26.2 Å². The van der Waals surface area contributed by atoms with E-state index in [1.165, 1.54) is 27.8 Å². The Morgan fingerprint density at radius 2 is 1.63 bits per heavy atom. The van der Waals surface area contributed by atoms with Crippen molar-refractivity contribution in [2.45, 2.75) is 35.4 Å². The van der Waals surface area contributed by atoms with Crippen LogP contribution in [0.5, 0.6) is 0 Å². The highest BCUT2D eigenvalue weighted by atomic mass is 79.9. The predicted molar refractivity (Wildman–Crippen MR) is 118 cm³/mol. The van der Waals surface area contributed by atoms with Crippen molar-refractivity contribution in [2.75, 3.05) is 0 Å². The number of rotatable bonds is 2. The maximum absolute atomic E-state index is 6.35. The average molecular weight is 458 g/mol. The predicted octanol–water partition coefficient (Wildman–Crippen LogP) is 7.13. The standard InChI is InChI=1S/C24H19BrCl2/c25-23-21-11-16-3-1-2-4-22(16)24(23,13-15-5-8-18(26)9-6-15)14-17-7-10-19(27)12-20(17)21/h1-10,12,21,23H,11,13-14H2. The fourth-order valence-corrected chi connectivity index (χ4v) is 6.50. The Balaban J connectivity index is 1.70. The first-order valence-corrected chi connectivity index (χ1v) is 11.0. The van der Waals surface area contributed by atoms with Crippen LogP contribution in [0.3, 0.4) is 0 Å². The molecule has 0 aromatic heterocycles. The molecule has 0 heterocycles. The van der Waals surface area contributed by atoms with Gasteiger partial charge in [0.15, 0.2) is 0 Å². The molecule has 0 amide bonds. The van der Waals surface area contributed by atoms with Crippen LogP contribution < -0.4 is 0 Å². The van der Waals surface area contributed by atoms with Gasteiger partial charge in [-0.3, -0.25) is 0 Å². The van der Waals surface area contributed by atoms with Gasteiger partial charge in [-0.1, -0.05) is 81.6 Å². The van der Waals surface area contributed by atoms with Crippen LogP contribution in [0.4, 0.5) is 0 Å². The van der Waals surface area contributed by atoms with E-state index in [9.17, 15) is 0 Å². The summed E-state index contributed by atoms with van der Waals surface area (Å²) in [5.41, 5.74) is 7.16. The maximum atomic E-state index is 6.35. The van der Waals surface area contributed by atoms with Gasteiger partial charge in [-0.05, 0) is 71.3 Å². The van der Waals surface area contributed by atoms with Crippen LogP contribution in [0.1, 0.15) is 33.7 Å². The van der Waals surface area contributed by atoms with Gasteiger partial charge in [-0.2, -0.15) is 0 Å². The Hall–Kier alpha value is -1.28. The molecule has 0 spiro atoms. The van der Waals surface area contributed by atoms with E-state index < -0.39 is 0 Å². The van der Waals surface area contributed by atoms with Crippen LogP contribution in [0.2, 0.25) is 10.0 Å². The van der Waals surface area contributed by atoms with Crippen molar-refractivity contribution >= 4 is 39.1 Å². The maximum Gasteiger partial charge on any atom is 0.0409 e. The van der Waals surface area contributed by atoms with E-state index in [1.54, 1.807) is 0 Å². The topological polar surface area (TPSA) is 0 Å². The van der Waals surface area contributed by atoms with Crippen molar-refractivity contribution < 1.29 is 0 Å². The summed E-state index contributed by atoms with van der Waals surface area (Å²) in [6.07, 6.45) is 3.07. The van der Waals surface area contributed by atoms with Crippen LogP contribution in [0.15, 0.2) is 66.7 Å². The second kappa shape index (κ2) is 6.65. The van der Waals surface area contributed by atoms with Gasteiger partial charge >= 0.3 is 0 Å². The summed E-state index contributed by atoms with van der Waals surface area (Å²) in [6, 6.07) is 23.7. The number of hydrogen-bond donors (Lipinski definition) is 0. The molecule has 0 saturated heterocycles. The van der Waals surface area contributed by atoms with E-state index in [-0.39, 0.29) is 5.41 Å². The molecular formula is C24H19BrCl2. The highest BCUT2D eigenvalue weighted by Gasteiger charge is 2.51. The zero-order chi connectivity index (χ0) is 18.6. The molecule has 2 aliphatic rings. The Bertz CT molecular complexity index is 1010. The van der Waals surface area contributed by atoms with Crippen molar-refractivity contribution in [1.29, 1.82) is 0 Å². The molecule has 2 bridgehead atoms. The van der Waals surface area contributed by atoms with Gasteiger partial charge in [-0.25, -0.2) is 0 Å². The normalized spacial score (nSPS) is 25.6. The third kappa shape index (κ3) is 2.87. The SMILES string of the molecule is Clc1ccc(CC23Cc4ccc(Cl)cc4C(Cc4ccccc42)C3Br)cc1. The average Bonchev–Trinajstić information content (AvgIpc) is 2.67. The quantitative estimate of drug-likeness (QED) is 0.359. The lowest BCUT2D eigenvalue weighted by molar-refractivity contribution is 0.321. The lowest BCUT2D eigenvalue weighted by Gasteiger charge is -2.51. The Morgan fingerprint density at radius 1 is 0.889 bits per heavy atom. The number of fused-ring (bicyclic) bond motifs is 6. The van der Waals surface area contributed by atoms with E-state index in [0.717, 1.165) is 29.3 Å². The van der Waals surface area contributed by atoms with Crippen molar-refractivity contribution in [3.8, 4) is 0 Å². The van der Waals surface area contributed by atoms with Gasteiger partial charge in [0.25, 0.3) is 0 Å². The molecule has 3 atom stereocenters. The molecule has 0 radical (unpaired) electrons. The lowest BCUT2D eigenvalue weighted by Crippen LogP contribution is -2.51. The molecule has 3 aromatic rings. The van der Waals surface area contributed by atoms with Crippen LogP contribution in [-0.4, -0.2) is 4.83 Å². The lowest BCUT2D eigenvalue weighted by atomic mass is 9.56. The monoisotopic (exact) mass is 456 g/mol. The zero-order valence-electron chi connectivity index (χ0n) is 14.8. The molecule has 5 rings (SSSR count). The number of hydrogen-bond acceptors (Lipinski definition) is 0. The summed E-state index contributed by atoms with van der Waals surface area (Å²) >= 11 is 16.6. The second-order valence-corrected chi connectivity index (χ2v) is 9.71. The summed E-state index contributed by atoms with van der Waals surface area (Å²) in [5, 5.41) is 1.62. The highest BCUT2D eigenvalue weighted by molar-refractivity contribution is 9.09. The molecule has 0 fully saturated rings. The van der Waals surface area contributed by atoms with Crippen LogP contribution in [0.25, 0.3) is 0 Å². The van der Waals surface area contributed by atoms with Gasteiger partial charge in [0.2, 0.25) is 0 Å². The minimum absolute atomic E-state index is 0.0359. The third-order valence-electron chi connectivity index (χ3n) is 6.32. The minimum Gasteiger partial charge on any atom is -0.0874 e. The van der Waals surface area contributed by atoms with E-state index >= 15 is 0 Å². The largest absolute Gasteiger partial charge is 0.0874 e. The van der Waals surface area contributed by atoms with E-state index in [1.807, 2.05) is 18.2 Å². The molecule has 3 heteroatoms. The number of benzene rings is 3. The minimum atomic E-state index is 0.0359. The third-order valence-corrected chi connectivity index (χ3v) is 8.32. The molecule has 27 heavy (non-hydrogen) atoms. The first kappa shape index (κ1) is 17.8. The Morgan fingerprint density at radius 3 is 2.44 bits per heavy atom. The summed E-state index contributed by atoms with van der Waals surface area (Å²) in [5.74, 6) is 0.439. The molecule has 0 aliphatic heterocycles. The molecular weight excluding hydrogens is 439 g/mol. The Kier molecular flexibility index (Phi) is 4.39. The summed E-state index contributed by atoms with van der Waals surface area (Å²) in [4.78, 5) is 0.376. The Labute approximate surface area is 178 Å². The van der Waals surface area contributed by atoms with Gasteiger partial charge in [-0.15, -0.1) is 0 Å². The molecule has 0 nitrogen and oxygen atoms in total. The zero-order valence-corrected chi connectivity index (χ0v) is 17.9. The molecule has 3 aromatic carbocycles. The summed E-state index contributed by atoms with van der Waals surface area (Å²) in [6.45, 7) is 0. The highest BCUT2D eigenvalue weighted by Crippen LogP contribution is 2.55. The van der Waals surface area contributed by atoms with Crippen molar-refractivity contribution in [3.63, 3.8) is 0 Å². The van der Waals surface area contributed by atoms with Crippen LogP contribution >= 0.6 is 39.1 Å². The number of halogens is 3. The number of alkyl halides is 1. The van der Waals surface area contributed by atoms with Crippen molar-refractivity contribution in [3.05, 3.63) is 105 Å². The molecule has 0 saturated carbocycles. The fraction of sp³-hybridized carbons (Fsp3) is 0.250. The smallest absolute Gasteiger partial charge is 0.0409 e. The fourth-order valence-electron chi connectivity index (χ4n) is 5.15. The first-order chi connectivity index (χ1) is 13.1. The first-order valence-electron chi connectivity index (χ1n) is 9.32. The van der Waals surface area contributed by atoms with Gasteiger partial charge < -0.3 is 0 Å². The van der Waals surface area contributed by atoms with E-state index in [4.69, 9.17) is 23.2 Å². The molecule has 3 unspecified atom stereocenters.